The highest BCUT2D eigenvalue weighted by atomic mass is 32.1. The van der Waals surface area contributed by atoms with E-state index in [0.29, 0.717) is 13.1 Å². The zero-order valence-electron chi connectivity index (χ0n) is 14.4. The summed E-state index contributed by atoms with van der Waals surface area (Å²) in [5, 5.41) is 11.2. The van der Waals surface area contributed by atoms with Crippen LogP contribution in [-0.2, 0) is 11.2 Å². The van der Waals surface area contributed by atoms with Crippen LogP contribution in [0, 0.1) is 0 Å². The van der Waals surface area contributed by atoms with Crippen LogP contribution in [0.25, 0.3) is 0 Å². The Morgan fingerprint density at radius 2 is 2.00 bits per heavy atom. The maximum atomic E-state index is 11.5. The number of guanidine groups is 1. The number of aliphatic imine (C=N–C) groups is 1. The lowest BCUT2D eigenvalue weighted by Gasteiger charge is -2.19. The number of nitrogens with one attached hydrogen (secondary N) is 3. The van der Waals surface area contributed by atoms with Crippen LogP contribution in [0.15, 0.2) is 22.5 Å². The van der Waals surface area contributed by atoms with Crippen molar-refractivity contribution in [3.8, 4) is 0 Å². The quantitative estimate of drug-likeness (QED) is 0.405. The molecule has 0 aliphatic rings. The van der Waals surface area contributed by atoms with Gasteiger partial charge in [0.1, 0.15) is 5.60 Å². The Balaban J connectivity index is 2.25. The minimum atomic E-state index is -0.476. The van der Waals surface area contributed by atoms with Gasteiger partial charge in [-0.15, -0.1) is 11.3 Å². The van der Waals surface area contributed by atoms with Crippen LogP contribution in [0.1, 0.15) is 32.6 Å². The van der Waals surface area contributed by atoms with Crippen molar-refractivity contribution in [3.63, 3.8) is 0 Å². The molecule has 0 saturated carbocycles. The Kier molecular flexibility index (Phi) is 8.47. The predicted molar refractivity (Wildman–Crippen MR) is 96.2 cm³/mol. The van der Waals surface area contributed by atoms with Crippen molar-refractivity contribution < 1.29 is 9.53 Å². The highest BCUT2D eigenvalue weighted by Gasteiger charge is 2.15. The molecule has 0 fully saturated rings. The number of carbonyl (C=O) groups is 1. The zero-order valence-corrected chi connectivity index (χ0v) is 15.3. The summed E-state index contributed by atoms with van der Waals surface area (Å²) in [6.45, 7) is 10.1. The van der Waals surface area contributed by atoms with E-state index < -0.39 is 11.7 Å². The van der Waals surface area contributed by atoms with E-state index in [1.165, 1.54) is 4.88 Å². The average molecular weight is 340 g/mol. The van der Waals surface area contributed by atoms with Gasteiger partial charge in [-0.05, 0) is 39.1 Å². The van der Waals surface area contributed by atoms with Gasteiger partial charge >= 0.3 is 6.09 Å². The molecule has 7 heteroatoms. The fourth-order valence-corrected chi connectivity index (χ4v) is 2.43. The maximum Gasteiger partial charge on any atom is 0.407 e. The van der Waals surface area contributed by atoms with Gasteiger partial charge in [-0.3, -0.25) is 4.99 Å². The van der Waals surface area contributed by atoms with E-state index >= 15 is 0 Å². The molecule has 0 spiro atoms. The van der Waals surface area contributed by atoms with Gasteiger partial charge in [0.2, 0.25) is 0 Å². The van der Waals surface area contributed by atoms with Crippen LogP contribution >= 0.6 is 11.3 Å². The lowest BCUT2D eigenvalue weighted by atomic mass is 10.2. The van der Waals surface area contributed by atoms with Crippen LogP contribution in [0.5, 0.6) is 0 Å². The molecule has 3 N–H and O–H groups in total. The van der Waals surface area contributed by atoms with Crippen molar-refractivity contribution >= 4 is 23.4 Å². The molecule has 0 saturated heterocycles. The van der Waals surface area contributed by atoms with E-state index in [1.807, 2.05) is 27.7 Å². The first-order valence-electron chi connectivity index (χ1n) is 7.92. The second-order valence-electron chi connectivity index (χ2n) is 5.95. The van der Waals surface area contributed by atoms with E-state index in [0.717, 1.165) is 25.5 Å². The number of carbonyl (C=O) groups excluding carboxylic acids is 1. The minimum Gasteiger partial charge on any atom is -0.444 e. The van der Waals surface area contributed by atoms with Gasteiger partial charge in [0.15, 0.2) is 5.96 Å². The summed E-state index contributed by atoms with van der Waals surface area (Å²) in [6, 6.07) is 4.17. The van der Waals surface area contributed by atoms with E-state index in [2.05, 4.69) is 38.5 Å². The first-order valence-corrected chi connectivity index (χ1v) is 8.80. The van der Waals surface area contributed by atoms with Crippen LogP contribution in [0.4, 0.5) is 4.79 Å². The largest absolute Gasteiger partial charge is 0.444 e. The molecular formula is C16H28N4O2S. The molecule has 0 aromatic carbocycles. The predicted octanol–water partition coefficient (Wildman–Crippen LogP) is 2.37. The van der Waals surface area contributed by atoms with Crippen molar-refractivity contribution in [3.05, 3.63) is 22.4 Å². The first-order chi connectivity index (χ1) is 10.9. The van der Waals surface area contributed by atoms with Crippen molar-refractivity contribution in [2.45, 2.75) is 39.7 Å². The van der Waals surface area contributed by atoms with E-state index in [1.54, 1.807) is 11.3 Å². The number of amides is 1. The molecule has 6 nitrogen and oxygen atoms in total. The van der Waals surface area contributed by atoms with Crippen molar-refractivity contribution in [1.29, 1.82) is 0 Å². The molecule has 1 aromatic rings. The standard InChI is InChI=1S/C16H28N4O2S/c1-5-17-14(18-9-8-13-7-6-12-23-13)19-10-11-20-15(21)22-16(2,3)4/h6-7,12H,5,8-11H2,1-4H3,(H,20,21)(H2,17,18,19). The summed E-state index contributed by atoms with van der Waals surface area (Å²) in [7, 11) is 0. The van der Waals surface area contributed by atoms with Crippen LogP contribution < -0.4 is 16.0 Å². The van der Waals surface area contributed by atoms with Gasteiger partial charge in [-0.2, -0.15) is 0 Å². The maximum absolute atomic E-state index is 11.5. The van der Waals surface area contributed by atoms with Gasteiger partial charge < -0.3 is 20.7 Å². The molecular weight excluding hydrogens is 312 g/mol. The topological polar surface area (TPSA) is 74.8 Å². The summed E-state index contributed by atoms with van der Waals surface area (Å²) >= 11 is 1.75. The van der Waals surface area contributed by atoms with Gasteiger partial charge in [0.05, 0.1) is 0 Å². The van der Waals surface area contributed by atoms with E-state index in [-0.39, 0.29) is 0 Å². The Bertz CT molecular complexity index is 481. The van der Waals surface area contributed by atoms with Gasteiger partial charge in [-0.25, -0.2) is 4.79 Å². The fraction of sp³-hybridized carbons (Fsp3) is 0.625. The first kappa shape index (κ1) is 19.3. The van der Waals surface area contributed by atoms with Gasteiger partial charge in [0, 0.05) is 37.5 Å². The second kappa shape index (κ2) is 10.1. The number of rotatable bonds is 7. The van der Waals surface area contributed by atoms with E-state index in [4.69, 9.17) is 4.74 Å². The smallest absolute Gasteiger partial charge is 0.407 e. The zero-order chi connectivity index (χ0) is 17.1. The second-order valence-corrected chi connectivity index (χ2v) is 6.98. The SMILES string of the molecule is CCNC(=NCCc1cccs1)NCCNC(=O)OC(C)(C)C. The molecule has 1 aromatic heterocycles. The third-order valence-corrected chi connectivity index (χ3v) is 3.57. The Morgan fingerprint density at radius 3 is 2.61 bits per heavy atom. The molecule has 0 radical (unpaired) electrons. The number of hydrogen-bond acceptors (Lipinski definition) is 4. The molecule has 1 amide bonds. The molecule has 0 unspecified atom stereocenters. The molecule has 23 heavy (non-hydrogen) atoms. The average Bonchev–Trinajstić information content (AvgIpc) is 2.94. The Morgan fingerprint density at radius 1 is 1.26 bits per heavy atom. The summed E-state index contributed by atoms with van der Waals surface area (Å²) in [5.74, 6) is 0.759. The highest BCUT2D eigenvalue weighted by Crippen LogP contribution is 2.08. The summed E-state index contributed by atoms with van der Waals surface area (Å²) in [4.78, 5) is 17.4. The lowest BCUT2D eigenvalue weighted by molar-refractivity contribution is 0.0529. The lowest BCUT2D eigenvalue weighted by Crippen LogP contribution is -2.42. The summed E-state index contributed by atoms with van der Waals surface area (Å²) in [5.41, 5.74) is -0.476. The third kappa shape index (κ3) is 9.78. The number of nitrogens with zero attached hydrogens (tertiary/aromatic N) is 1. The monoisotopic (exact) mass is 340 g/mol. The molecule has 130 valence electrons. The van der Waals surface area contributed by atoms with Crippen molar-refractivity contribution in [1.82, 2.24) is 16.0 Å². The van der Waals surface area contributed by atoms with Crippen molar-refractivity contribution in [2.75, 3.05) is 26.2 Å². The number of hydrogen-bond donors (Lipinski definition) is 3. The minimum absolute atomic E-state index is 0.404. The van der Waals surface area contributed by atoms with Gasteiger partial charge in [0.25, 0.3) is 0 Å². The van der Waals surface area contributed by atoms with Crippen LogP contribution in [0.2, 0.25) is 0 Å². The third-order valence-electron chi connectivity index (χ3n) is 2.64. The molecule has 0 aliphatic heterocycles. The van der Waals surface area contributed by atoms with Crippen molar-refractivity contribution in [2.24, 2.45) is 4.99 Å². The van der Waals surface area contributed by atoms with Crippen LogP contribution in [0.3, 0.4) is 0 Å². The van der Waals surface area contributed by atoms with Crippen LogP contribution in [-0.4, -0.2) is 43.8 Å². The number of ether oxygens (including phenoxy) is 1. The fourth-order valence-electron chi connectivity index (χ4n) is 1.73. The number of alkyl carbamates (subject to hydrolysis) is 1. The molecule has 1 heterocycles. The Labute approximate surface area is 142 Å². The normalized spacial score (nSPS) is 11.9. The molecule has 0 aliphatic carbocycles. The summed E-state index contributed by atoms with van der Waals surface area (Å²) < 4.78 is 5.18. The summed E-state index contributed by atoms with van der Waals surface area (Å²) in [6.07, 6.45) is 0.531. The molecule has 0 atom stereocenters. The van der Waals surface area contributed by atoms with Gasteiger partial charge in [-0.1, -0.05) is 6.07 Å². The molecule has 0 bridgehead atoms. The number of thiophene rings is 1. The Hall–Kier alpha value is -1.76. The van der Waals surface area contributed by atoms with E-state index in [9.17, 15) is 4.79 Å². The molecule has 1 rings (SSSR count). The highest BCUT2D eigenvalue weighted by molar-refractivity contribution is 7.09.